The van der Waals surface area contributed by atoms with Crippen LogP contribution in [0.25, 0.3) is 0 Å². The second kappa shape index (κ2) is 9.75. The SMILES string of the molecule is OC1(C(CN2CCNCC2)c2cccc(OCc3ccccc3)c2)CCCCC1. The van der Waals surface area contributed by atoms with Gasteiger partial charge in [-0.3, -0.25) is 0 Å². The van der Waals surface area contributed by atoms with Gasteiger partial charge in [0.1, 0.15) is 12.4 Å². The number of hydrogen-bond donors (Lipinski definition) is 2. The molecule has 2 aromatic carbocycles. The average molecular weight is 395 g/mol. The molecule has 1 atom stereocenters. The van der Waals surface area contributed by atoms with Crippen LogP contribution >= 0.6 is 0 Å². The largest absolute Gasteiger partial charge is 0.489 e. The van der Waals surface area contributed by atoms with Crippen LogP contribution in [0.3, 0.4) is 0 Å². The van der Waals surface area contributed by atoms with Crippen LogP contribution in [0.1, 0.15) is 49.1 Å². The fourth-order valence-corrected chi connectivity index (χ4v) is 4.81. The van der Waals surface area contributed by atoms with E-state index in [4.69, 9.17) is 4.74 Å². The maximum atomic E-state index is 11.6. The van der Waals surface area contributed by atoms with Crippen LogP contribution in [0.4, 0.5) is 0 Å². The zero-order valence-electron chi connectivity index (χ0n) is 17.4. The molecule has 156 valence electrons. The number of nitrogens with zero attached hydrogens (tertiary/aromatic N) is 1. The van der Waals surface area contributed by atoms with E-state index in [2.05, 4.69) is 40.5 Å². The summed E-state index contributed by atoms with van der Waals surface area (Å²) >= 11 is 0. The Morgan fingerprint density at radius 1 is 0.966 bits per heavy atom. The first kappa shape index (κ1) is 20.4. The van der Waals surface area contributed by atoms with Gasteiger partial charge >= 0.3 is 0 Å². The van der Waals surface area contributed by atoms with Crippen LogP contribution in [-0.2, 0) is 6.61 Å². The highest BCUT2D eigenvalue weighted by molar-refractivity contribution is 5.33. The molecule has 1 aliphatic carbocycles. The maximum Gasteiger partial charge on any atom is 0.120 e. The lowest BCUT2D eigenvalue weighted by Gasteiger charge is -2.42. The minimum atomic E-state index is -0.610. The summed E-state index contributed by atoms with van der Waals surface area (Å²) in [6.45, 7) is 5.65. The van der Waals surface area contributed by atoms with Gasteiger partial charge in [0.05, 0.1) is 5.60 Å². The second-order valence-corrected chi connectivity index (χ2v) is 8.61. The lowest BCUT2D eigenvalue weighted by molar-refractivity contribution is -0.0317. The van der Waals surface area contributed by atoms with Crippen LogP contribution in [0.15, 0.2) is 54.6 Å². The van der Waals surface area contributed by atoms with E-state index in [1.54, 1.807) is 0 Å². The number of ether oxygens (including phenoxy) is 1. The average Bonchev–Trinajstić information content (AvgIpc) is 2.78. The second-order valence-electron chi connectivity index (χ2n) is 8.61. The zero-order chi connectivity index (χ0) is 19.9. The molecule has 0 radical (unpaired) electrons. The molecule has 0 amide bonds. The first-order chi connectivity index (χ1) is 14.2. The van der Waals surface area contributed by atoms with Crippen molar-refractivity contribution < 1.29 is 9.84 Å². The van der Waals surface area contributed by atoms with E-state index in [9.17, 15) is 5.11 Å². The minimum absolute atomic E-state index is 0.126. The zero-order valence-corrected chi connectivity index (χ0v) is 17.4. The number of rotatable bonds is 7. The lowest BCUT2D eigenvalue weighted by Crippen LogP contribution is -2.49. The van der Waals surface area contributed by atoms with E-state index < -0.39 is 5.60 Å². The van der Waals surface area contributed by atoms with E-state index >= 15 is 0 Å². The summed E-state index contributed by atoms with van der Waals surface area (Å²) in [5, 5.41) is 15.1. The molecule has 0 spiro atoms. The highest BCUT2D eigenvalue weighted by atomic mass is 16.5. The highest BCUT2D eigenvalue weighted by Gasteiger charge is 2.39. The van der Waals surface area contributed by atoms with Gasteiger partial charge in [-0.2, -0.15) is 0 Å². The topological polar surface area (TPSA) is 44.7 Å². The first-order valence-corrected chi connectivity index (χ1v) is 11.2. The smallest absolute Gasteiger partial charge is 0.120 e. The number of nitrogens with one attached hydrogen (secondary N) is 1. The lowest BCUT2D eigenvalue weighted by atomic mass is 9.72. The van der Waals surface area contributed by atoms with Gasteiger partial charge in [-0.1, -0.05) is 61.7 Å². The Kier molecular flexibility index (Phi) is 6.86. The van der Waals surface area contributed by atoms with Crippen LogP contribution in [0.5, 0.6) is 5.75 Å². The predicted molar refractivity (Wildman–Crippen MR) is 117 cm³/mol. The minimum Gasteiger partial charge on any atom is -0.489 e. The van der Waals surface area contributed by atoms with Crippen molar-refractivity contribution in [3.63, 3.8) is 0 Å². The third-order valence-corrected chi connectivity index (χ3v) is 6.53. The summed E-state index contributed by atoms with van der Waals surface area (Å²) in [6.07, 6.45) is 5.29. The molecular formula is C25H34N2O2. The Bertz CT molecular complexity index is 752. The molecule has 1 heterocycles. The molecule has 0 bridgehead atoms. The van der Waals surface area contributed by atoms with Crippen molar-refractivity contribution in [3.8, 4) is 5.75 Å². The maximum absolute atomic E-state index is 11.6. The van der Waals surface area contributed by atoms with Crippen molar-refractivity contribution >= 4 is 0 Å². The molecule has 1 saturated heterocycles. The Hall–Kier alpha value is -1.88. The Morgan fingerprint density at radius 3 is 2.48 bits per heavy atom. The third kappa shape index (κ3) is 5.39. The summed E-state index contributed by atoms with van der Waals surface area (Å²) < 4.78 is 6.09. The summed E-state index contributed by atoms with van der Waals surface area (Å²) in [6, 6.07) is 18.7. The van der Waals surface area contributed by atoms with Crippen LogP contribution < -0.4 is 10.1 Å². The van der Waals surface area contributed by atoms with Gasteiger partial charge in [0.25, 0.3) is 0 Å². The molecule has 4 heteroatoms. The van der Waals surface area contributed by atoms with Gasteiger partial charge in [0.15, 0.2) is 0 Å². The fraction of sp³-hybridized carbons (Fsp3) is 0.520. The van der Waals surface area contributed by atoms with Crippen LogP contribution in [0, 0.1) is 0 Å². The quantitative estimate of drug-likeness (QED) is 0.746. The Balaban J connectivity index is 1.52. The van der Waals surface area contributed by atoms with Gasteiger partial charge in [0, 0.05) is 38.6 Å². The summed E-state index contributed by atoms with van der Waals surface area (Å²) in [4.78, 5) is 2.51. The van der Waals surface area contributed by atoms with Crippen molar-refractivity contribution in [2.75, 3.05) is 32.7 Å². The monoisotopic (exact) mass is 394 g/mol. The van der Waals surface area contributed by atoms with Crippen molar-refractivity contribution in [3.05, 3.63) is 65.7 Å². The molecule has 2 aliphatic rings. The van der Waals surface area contributed by atoms with E-state index in [1.807, 2.05) is 24.3 Å². The Morgan fingerprint density at radius 2 is 1.72 bits per heavy atom. The first-order valence-electron chi connectivity index (χ1n) is 11.2. The molecule has 2 aromatic rings. The number of benzene rings is 2. The number of piperazine rings is 1. The molecule has 1 unspecified atom stereocenters. The molecule has 29 heavy (non-hydrogen) atoms. The van der Waals surface area contributed by atoms with Gasteiger partial charge in [0.2, 0.25) is 0 Å². The third-order valence-electron chi connectivity index (χ3n) is 6.53. The molecule has 0 aromatic heterocycles. The van der Waals surface area contributed by atoms with Crippen molar-refractivity contribution in [1.29, 1.82) is 0 Å². The molecule has 4 nitrogen and oxygen atoms in total. The highest BCUT2D eigenvalue weighted by Crippen LogP contribution is 2.41. The number of aliphatic hydroxyl groups is 1. The van der Waals surface area contributed by atoms with Gasteiger partial charge < -0.3 is 20.1 Å². The molecule has 4 rings (SSSR count). The van der Waals surface area contributed by atoms with Crippen molar-refractivity contribution in [2.24, 2.45) is 0 Å². The molecular weight excluding hydrogens is 360 g/mol. The summed E-state index contributed by atoms with van der Waals surface area (Å²) in [7, 11) is 0. The summed E-state index contributed by atoms with van der Waals surface area (Å²) in [5.74, 6) is 1.01. The molecule has 1 aliphatic heterocycles. The van der Waals surface area contributed by atoms with Crippen LogP contribution in [0.2, 0.25) is 0 Å². The standard InChI is InChI=1S/C25H34N2O2/c28-25(12-5-2-6-13-25)24(19-27-16-14-26-15-17-27)22-10-7-11-23(18-22)29-20-21-8-3-1-4-9-21/h1,3-4,7-11,18,24,26,28H,2,5-6,12-17,19-20H2. The molecule has 2 N–H and O–H groups in total. The van der Waals surface area contributed by atoms with E-state index in [0.717, 1.165) is 64.2 Å². The molecule has 1 saturated carbocycles. The van der Waals surface area contributed by atoms with Gasteiger partial charge in [-0.15, -0.1) is 0 Å². The summed E-state index contributed by atoms with van der Waals surface area (Å²) in [5.41, 5.74) is 1.76. The van der Waals surface area contributed by atoms with E-state index in [-0.39, 0.29) is 5.92 Å². The van der Waals surface area contributed by atoms with Gasteiger partial charge in [-0.05, 0) is 36.1 Å². The molecule has 2 fully saturated rings. The Labute approximate surface area is 174 Å². The van der Waals surface area contributed by atoms with Crippen LogP contribution in [-0.4, -0.2) is 48.3 Å². The fourth-order valence-electron chi connectivity index (χ4n) is 4.81. The number of hydrogen-bond acceptors (Lipinski definition) is 4. The van der Waals surface area contributed by atoms with Crippen molar-refractivity contribution in [2.45, 2.75) is 50.2 Å². The van der Waals surface area contributed by atoms with E-state index in [1.165, 1.54) is 17.5 Å². The van der Waals surface area contributed by atoms with Crippen molar-refractivity contribution in [1.82, 2.24) is 10.2 Å². The van der Waals surface area contributed by atoms with Gasteiger partial charge in [-0.25, -0.2) is 0 Å². The normalized spacial score (nSPS) is 20.9. The predicted octanol–water partition coefficient (Wildman–Crippen LogP) is 3.95. The van der Waals surface area contributed by atoms with E-state index in [0.29, 0.717) is 6.61 Å².